The highest BCUT2D eigenvalue weighted by molar-refractivity contribution is 5.97. The van der Waals surface area contributed by atoms with Gasteiger partial charge in [-0.15, -0.1) is 0 Å². The number of hydrogen-bond acceptors (Lipinski definition) is 9. The number of ether oxygens (including phenoxy) is 3. The fourth-order valence-corrected chi connectivity index (χ4v) is 5.93. The minimum Gasteiger partial charge on any atom is -0.492 e. The molecule has 4 atom stereocenters. The normalized spacial score (nSPS) is 26.9. The Kier molecular flexibility index (Phi) is 7.33. The van der Waals surface area contributed by atoms with Crippen molar-refractivity contribution in [3.05, 3.63) is 72.1 Å². The molecule has 3 aromatic rings. The second-order valence-electron chi connectivity index (χ2n) is 11.0. The number of aliphatic hydroxyl groups is 3. The van der Waals surface area contributed by atoms with Crippen molar-refractivity contribution in [3.8, 4) is 28.4 Å². The summed E-state index contributed by atoms with van der Waals surface area (Å²) in [4.78, 5) is 19.5. The van der Waals surface area contributed by atoms with Gasteiger partial charge in [0.05, 0.1) is 30.5 Å². The lowest BCUT2D eigenvalue weighted by Gasteiger charge is -2.37. The third-order valence-corrected chi connectivity index (χ3v) is 7.85. The van der Waals surface area contributed by atoms with Crippen molar-refractivity contribution in [1.82, 2.24) is 15.2 Å². The van der Waals surface area contributed by atoms with Gasteiger partial charge in [0, 0.05) is 49.6 Å². The van der Waals surface area contributed by atoms with Gasteiger partial charge >= 0.3 is 0 Å². The molecular weight excluding hydrogens is 514 g/mol. The maximum Gasteiger partial charge on any atom is 0.255 e. The van der Waals surface area contributed by atoms with Gasteiger partial charge in [0.2, 0.25) is 6.79 Å². The molecule has 2 aliphatic heterocycles. The number of fused-ring (bicyclic) bond motifs is 2. The number of carbonyl (C=O) groups is 1. The molecule has 1 aliphatic carbocycles. The van der Waals surface area contributed by atoms with Gasteiger partial charge in [-0.3, -0.25) is 14.7 Å². The molecule has 1 aromatic heterocycles. The molecule has 0 bridgehead atoms. The maximum atomic E-state index is 13.2. The van der Waals surface area contributed by atoms with Crippen molar-refractivity contribution < 1.29 is 34.3 Å². The Balaban J connectivity index is 1.32. The van der Waals surface area contributed by atoms with Gasteiger partial charge in [0.15, 0.2) is 11.5 Å². The summed E-state index contributed by atoms with van der Waals surface area (Å²) in [5.41, 5.74) is 2.43. The Morgan fingerprint density at radius 2 is 1.77 bits per heavy atom. The number of rotatable bonds is 3. The van der Waals surface area contributed by atoms with Gasteiger partial charge in [-0.25, -0.2) is 0 Å². The predicted octanol–water partition coefficient (Wildman–Crippen LogP) is 1.96. The molecule has 3 aliphatic rings. The monoisotopic (exact) mass is 547 g/mol. The molecule has 0 saturated heterocycles. The number of aromatic nitrogens is 1. The summed E-state index contributed by atoms with van der Waals surface area (Å²) in [6.45, 7) is 1.62. The maximum absolute atomic E-state index is 13.2. The highest BCUT2D eigenvalue weighted by atomic mass is 16.7. The number of pyridine rings is 1. The van der Waals surface area contributed by atoms with Crippen LogP contribution in [0.15, 0.2) is 60.9 Å². The molecule has 1 unspecified atom stereocenters. The smallest absolute Gasteiger partial charge is 0.255 e. The van der Waals surface area contributed by atoms with Gasteiger partial charge in [0.1, 0.15) is 5.75 Å². The van der Waals surface area contributed by atoms with Crippen LogP contribution in [0, 0.1) is 5.41 Å². The van der Waals surface area contributed by atoms with E-state index in [0.29, 0.717) is 48.7 Å². The first kappa shape index (κ1) is 26.5. The van der Waals surface area contributed by atoms with E-state index in [2.05, 4.69) is 15.2 Å². The molecule has 10 heteroatoms. The Hall–Kier alpha value is -3.70. The molecule has 1 saturated carbocycles. The fourth-order valence-electron chi connectivity index (χ4n) is 5.93. The number of aliphatic hydroxyl groups excluding tert-OH is 3. The molecule has 6 rings (SSSR count). The Bertz CT molecular complexity index is 1360. The zero-order chi connectivity index (χ0) is 27.7. The zero-order valence-electron chi connectivity index (χ0n) is 22.0. The highest BCUT2D eigenvalue weighted by Gasteiger charge is 2.46. The first-order valence-electron chi connectivity index (χ1n) is 13.5. The number of nitrogens with zero attached hydrogens (tertiary/aromatic N) is 2. The van der Waals surface area contributed by atoms with Crippen LogP contribution in [0.1, 0.15) is 28.8 Å². The van der Waals surface area contributed by atoms with E-state index in [-0.39, 0.29) is 32.4 Å². The second-order valence-corrected chi connectivity index (χ2v) is 11.0. The van der Waals surface area contributed by atoms with Gasteiger partial charge in [0.25, 0.3) is 5.91 Å². The van der Waals surface area contributed by atoms with Crippen molar-refractivity contribution in [2.24, 2.45) is 5.41 Å². The highest BCUT2D eigenvalue weighted by Crippen LogP contribution is 2.41. The molecule has 3 heterocycles. The van der Waals surface area contributed by atoms with E-state index in [1.165, 1.54) is 0 Å². The summed E-state index contributed by atoms with van der Waals surface area (Å²) in [5, 5.41) is 35.0. The van der Waals surface area contributed by atoms with Gasteiger partial charge in [-0.2, -0.15) is 0 Å². The van der Waals surface area contributed by atoms with Crippen molar-refractivity contribution >= 4 is 5.91 Å². The second kappa shape index (κ2) is 11.1. The van der Waals surface area contributed by atoms with Crippen LogP contribution in [0.3, 0.4) is 0 Å². The molecule has 0 radical (unpaired) electrons. The number of carbonyl (C=O) groups excluding carboxylic acids is 1. The molecule has 2 aromatic carbocycles. The molecule has 40 heavy (non-hydrogen) atoms. The number of β-amino-alcohol motifs (C(OH)–C–C–N with tert-alkyl or cyclic N) is 1. The molecular formula is C30H33N3O7. The van der Waals surface area contributed by atoms with E-state index in [1.54, 1.807) is 18.5 Å². The van der Waals surface area contributed by atoms with E-state index in [1.807, 2.05) is 42.5 Å². The SMILES string of the molecule is O=C1NC[C@H](O)CN(Cc2ccc3c(c2)OCO3)CC2(COc3cc(-c4cccnc4)ccc31)C[C@@H](O)[C@@H](O)C2. The van der Waals surface area contributed by atoms with E-state index in [9.17, 15) is 20.1 Å². The van der Waals surface area contributed by atoms with Crippen LogP contribution < -0.4 is 19.5 Å². The molecule has 1 fully saturated rings. The lowest BCUT2D eigenvalue weighted by atomic mass is 9.85. The van der Waals surface area contributed by atoms with Crippen LogP contribution in [0.25, 0.3) is 11.1 Å². The number of nitrogens with one attached hydrogen (secondary N) is 1. The van der Waals surface area contributed by atoms with E-state index < -0.39 is 23.7 Å². The first-order valence-corrected chi connectivity index (χ1v) is 13.5. The Morgan fingerprint density at radius 1 is 0.950 bits per heavy atom. The third kappa shape index (κ3) is 5.62. The summed E-state index contributed by atoms with van der Waals surface area (Å²) in [7, 11) is 0. The lowest BCUT2D eigenvalue weighted by Crippen LogP contribution is -2.46. The van der Waals surface area contributed by atoms with Gasteiger partial charge in [-0.1, -0.05) is 18.2 Å². The summed E-state index contributed by atoms with van der Waals surface area (Å²) in [5.74, 6) is 1.41. The summed E-state index contributed by atoms with van der Waals surface area (Å²) < 4.78 is 17.4. The summed E-state index contributed by atoms with van der Waals surface area (Å²) >= 11 is 0. The quantitative estimate of drug-likeness (QED) is 0.388. The summed E-state index contributed by atoms with van der Waals surface area (Å²) in [6.07, 6.45) is 1.47. The number of amides is 1. The van der Waals surface area contributed by atoms with Crippen molar-refractivity contribution in [2.75, 3.05) is 33.0 Å². The average molecular weight is 548 g/mol. The topological polar surface area (TPSA) is 134 Å². The Morgan fingerprint density at radius 3 is 2.58 bits per heavy atom. The number of hydrogen-bond donors (Lipinski definition) is 4. The van der Waals surface area contributed by atoms with Crippen LogP contribution in [0.5, 0.6) is 17.2 Å². The average Bonchev–Trinajstić information content (AvgIpc) is 3.53. The first-order chi connectivity index (χ1) is 19.4. The minimum absolute atomic E-state index is 0.0541. The lowest BCUT2D eigenvalue weighted by molar-refractivity contribution is 0.0400. The van der Waals surface area contributed by atoms with Gasteiger partial charge < -0.3 is 34.8 Å². The molecule has 1 amide bonds. The van der Waals surface area contributed by atoms with E-state index >= 15 is 0 Å². The van der Waals surface area contributed by atoms with E-state index in [0.717, 1.165) is 16.7 Å². The molecule has 4 N–H and O–H groups in total. The minimum atomic E-state index is -0.890. The van der Waals surface area contributed by atoms with Crippen molar-refractivity contribution in [1.29, 1.82) is 0 Å². The standard InChI is InChI=1S/C30H33N3O7/c34-22-13-32-29(37)23-5-4-20(21-2-1-7-31-12-21)9-27(23)38-17-30(10-24(35)25(36)11-30)16-33(15-22)14-19-3-6-26-28(8-19)40-18-39-26/h1-9,12,22,24-25,34-36H,10-11,13-18H2,(H,32,37)/t22-,24-,25+,30?/m0/s1. The van der Waals surface area contributed by atoms with Crippen LogP contribution in [-0.4, -0.2) is 82.5 Å². The van der Waals surface area contributed by atoms with Crippen LogP contribution >= 0.6 is 0 Å². The van der Waals surface area contributed by atoms with Crippen LogP contribution in [-0.2, 0) is 6.54 Å². The molecule has 1 spiro atoms. The van der Waals surface area contributed by atoms with Crippen molar-refractivity contribution in [2.45, 2.75) is 37.7 Å². The van der Waals surface area contributed by atoms with E-state index in [4.69, 9.17) is 14.2 Å². The van der Waals surface area contributed by atoms with Crippen LogP contribution in [0.2, 0.25) is 0 Å². The largest absolute Gasteiger partial charge is 0.492 e. The predicted molar refractivity (Wildman–Crippen MR) is 145 cm³/mol. The zero-order valence-corrected chi connectivity index (χ0v) is 22.0. The molecule has 210 valence electrons. The van der Waals surface area contributed by atoms with Crippen molar-refractivity contribution in [3.63, 3.8) is 0 Å². The molecule has 10 nitrogen and oxygen atoms in total. The van der Waals surface area contributed by atoms with Crippen LogP contribution in [0.4, 0.5) is 0 Å². The van der Waals surface area contributed by atoms with Gasteiger partial charge in [-0.05, 0) is 54.3 Å². The fraction of sp³-hybridized carbons (Fsp3) is 0.400. The third-order valence-electron chi connectivity index (χ3n) is 7.85. The summed E-state index contributed by atoms with van der Waals surface area (Å²) in [6, 6.07) is 14.9. The Labute approximate surface area is 232 Å². The number of benzene rings is 2.